The number of non-ortho nitro benzene ring substituents is 1. The first-order chi connectivity index (χ1) is 8.04. The summed E-state index contributed by atoms with van der Waals surface area (Å²) in [6.45, 7) is 1.70. The second-order valence-electron chi connectivity index (χ2n) is 3.31. The van der Waals surface area contributed by atoms with Crippen molar-refractivity contribution in [1.29, 1.82) is 0 Å². The highest BCUT2D eigenvalue weighted by atomic mass is 32.2. The molecule has 0 atom stereocenters. The molecule has 0 aliphatic rings. The molecule has 0 aliphatic heterocycles. The van der Waals surface area contributed by atoms with Gasteiger partial charge in [0.05, 0.1) is 12.0 Å². The van der Waals surface area contributed by atoms with E-state index in [1.807, 2.05) is 0 Å². The standard InChI is InChI=1S/C11H12NO4S/c1-8(11(13)16-2)7-17-10-5-3-9(4-6-10)12(14)15/h3-6H,7H2,1-2H3. The molecule has 0 aliphatic carbocycles. The number of hydrogen-bond donors (Lipinski definition) is 0. The molecule has 5 nitrogen and oxygen atoms in total. The van der Waals surface area contributed by atoms with Gasteiger partial charge in [-0.2, -0.15) is 0 Å². The zero-order valence-corrected chi connectivity index (χ0v) is 10.3. The number of nitro groups is 1. The van der Waals surface area contributed by atoms with E-state index in [-0.39, 0.29) is 11.6 Å². The third-order valence-electron chi connectivity index (χ3n) is 2.04. The van der Waals surface area contributed by atoms with Gasteiger partial charge in [0.1, 0.15) is 0 Å². The minimum Gasteiger partial charge on any atom is -0.466 e. The lowest BCUT2D eigenvalue weighted by atomic mass is 10.3. The SMILES string of the molecule is COC([O])=C(C)CSc1ccc([N+](=O)[O-])cc1. The zero-order chi connectivity index (χ0) is 12.8. The van der Waals surface area contributed by atoms with E-state index in [0.717, 1.165) is 4.90 Å². The molecule has 0 amide bonds. The van der Waals surface area contributed by atoms with Gasteiger partial charge < -0.3 is 4.74 Å². The summed E-state index contributed by atoms with van der Waals surface area (Å²) in [5.74, 6) is 0.171. The smallest absolute Gasteiger partial charge is 0.330 e. The van der Waals surface area contributed by atoms with Gasteiger partial charge in [0.2, 0.25) is 0 Å². The lowest BCUT2D eigenvalue weighted by Crippen LogP contribution is -1.92. The predicted molar refractivity (Wildman–Crippen MR) is 64.2 cm³/mol. The predicted octanol–water partition coefficient (Wildman–Crippen LogP) is 3.00. The normalized spacial score (nSPS) is 11.9. The summed E-state index contributed by atoms with van der Waals surface area (Å²) in [6.07, 6.45) is 0. The highest BCUT2D eigenvalue weighted by molar-refractivity contribution is 7.99. The van der Waals surface area contributed by atoms with Crippen molar-refractivity contribution in [2.24, 2.45) is 0 Å². The largest absolute Gasteiger partial charge is 0.466 e. The topological polar surface area (TPSA) is 72.3 Å². The van der Waals surface area contributed by atoms with Crippen LogP contribution in [0.3, 0.4) is 0 Å². The number of nitro benzene ring substituents is 1. The number of nitrogens with zero attached hydrogens (tertiary/aromatic N) is 1. The van der Waals surface area contributed by atoms with Gasteiger partial charge in [-0.3, -0.25) is 10.1 Å². The number of benzene rings is 1. The van der Waals surface area contributed by atoms with Gasteiger partial charge >= 0.3 is 5.95 Å². The Kier molecular flexibility index (Phi) is 4.84. The van der Waals surface area contributed by atoms with E-state index in [9.17, 15) is 15.2 Å². The highest BCUT2D eigenvalue weighted by Gasteiger charge is 2.06. The average molecular weight is 254 g/mol. The van der Waals surface area contributed by atoms with Gasteiger partial charge in [-0.15, -0.1) is 11.8 Å². The molecular weight excluding hydrogens is 242 g/mol. The molecular formula is C11H12NO4S. The zero-order valence-electron chi connectivity index (χ0n) is 9.50. The number of ether oxygens (including phenoxy) is 1. The Morgan fingerprint density at radius 2 is 2.00 bits per heavy atom. The van der Waals surface area contributed by atoms with Crippen molar-refractivity contribution in [3.63, 3.8) is 0 Å². The molecule has 91 valence electrons. The van der Waals surface area contributed by atoms with E-state index in [1.54, 1.807) is 19.1 Å². The maximum Gasteiger partial charge on any atom is 0.330 e. The van der Waals surface area contributed by atoms with Gasteiger partial charge in [-0.25, -0.2) is 5.11 Å². The molecule has 0 saturated heterocycles. The van der Waals surface area contributed by atoms with Crippen LogP contribution in [0, 0.1) is 10.1 Å². The highest BCUT2D eigenvalue weighted by Crippen LogP contribution is 2.23. The Labute approximate surface area is 103 Å². The Morgan fingerprint density at radius 3 is 2.47 bits per heavy atom. The van der Waals surface area contributed by atoms with Crippen LogP contribution >= 0.6 is 11.8 Å². The van der Waals surface area contributed by atoms with Crippen molar-refractivity contribution in [2.75, 3.05) is 12.9 Å². The first-order valence-corrected chi connectivity index (χ1v) is 5.81. The number of methoxy groups -OCH3 is 1. The van der Waals surface area contributed by atoms with Crippen molar-refractivity contribution < 1.29 is 14.8 Å². The van der Waals surface area contributed by atoms with Crippen LogP contribution < -0.4 is 0 Å². The molecule has 1 aromatic rings. The van der Waals surface area contributed by atoms with Crippen LogP contribution in [0.25, 0.3) is 0 Å². The molecule has 1 rings (SSSR count). The molecule has 0 fully saturated rings. The van der Waals surface area contributed by atoms with E-state index in [4.69, 9.17) is 0 Å². The summed E-state index contributed by atoms with van der Waals surface area (Å²) >= 11 is 1.43. The van der Waals surface area contributed by atoms with E-state index >= 15 is 0 Å². The van der Waals surface area contributed by atoms with Crippen molar-refractivity contribution in [3.05, 3.63) is 45.9 Å². The molecule has 17 heavy (non-hydrogen) atoms. The quantitative estimate of drug-likeness (QED) is 0.350. The van der Waals surface area contributed by atoms with Crippen LogP contribution in [0.5, 0.6) is 0 Å². The van der Waals surface area contributed by atoms with Crippen LogP contribution in [-0.2, 0) is 9.84 Å². The first kappa shape index (κ1) is 13.4. The molecule has 0 N–H and O–H groups in total. The van der Waals surface area contributed by atoms with Crippen LogP contribution in [0.1, 0.15) is 6.92 Å². The molecule has 0 saturated carbocycles. The lowest BCUT2D eigenvalue weighted by Gasteiger charge is -2.02. The molecule has 1 radical (unpaired) electrons. The summed E-state index contributed by atoms with van der Waals surface area (Å²) in [5, 5.41) is 21.6. The Balaban J connectivity index is 2.62. The number of rotatable bonds is 5. The molecule has 0 aromatic heterocycles. The minimum atomic E-state index is -0.444. The van der Waals surface area contributed by atoms with E-state index in [2.05, 4.69) is 4.74 Å². The van der Waals surface area contributed by atoms with Gasteiger partial charge in [0, 0.05) is 28.4 Å². The molecule has 0 heterocycles. The lowest BCUT2D eigenvalue weighted by molar-refractivity contribution is -0.384. The molecule has 6 heteroatoms. The van der Waals surface area contributed by atoms with Gasteiger partial charge in [0.25, 0.3) is 5.69 Å². The summed E-state index contributed by atoms with van der Waals surface area (Å²) in [6, 6.07) is 6.20. The minimum absolute atomic E-state index is 0.0584. The number of hydrogen-bond acceptors (Lipinski definition) is 4. The average Bonchev–Trinajstić information content (AvgIpc) is 2.35. The maximum atomic E-state index is 11.1. The fourth-order valence-corrected chi connectivity index (χ4v) is 1.92. The van der Waals surface area contributed by atoms with E-state index in [1.165, 1.54) is 31.0 Å². The van der Waals surface area contributed by atoms with E-state index in [0.29, 0.717) is 11.3 Å². The number of thioether (sulfide) groups is 1. The van der Waals surface area contributed by atoms with Crippen LogP contribution in [-0.4, -0.2) is 17.8 Å². The summed E-state index contributed by atoms with van der Waals surface area (Å²) in [5.41, 5.74) is 0.666. The Bertz CT molecular complexity index is 428. The summed E-state index contributed by atoms with van der Waals surface area (Å²) in [7, 11) is 1.34. The van der Waals surface area contributed by atoms with Crippen molar-refractivity contribution >= 4 is 17.4 Å². The van der Waals surface area contributed by atoms with Crippen molar-refractivity contribution in [2.45, 2.75) is 11.8 Å². The monoisotopic (exact) mass is 254 g/mol. The van der Waals surface area contributed by atoms with Gasteiger partial charge in [-0.1, -0.05) is 0 Å². The van der Waals surface area contributed by atoms with Crippen LogP contribution in [0.2, 0.25) is 0 Å². The second kappa shape index (κ2) is 6.15. The third-order valence-corrected chi connectivity index (χ3v) is 3.22. The molecule has 0 bridgehead atoms. The summed E-state index contributed by atoms with van der Waals surface area (Å²) < 4.78 is 4.57. The Hall–Kier alpha value is -1.69. The van der Waals surface area contributed by atoms with Gasteiger partial charge in [0.15, 0.2) is 0 Å². The van der Waals surface area contributed by atoms with Gasteiger partial charge in [-0.05, 0) is 19.1 Å². The summed E-state index contributed by atoms with van der Waals surface area (Å²) in [4.78, 5) is 10.9. The van der Waals surface area contributed by atoms with Crippen molar-refractivity contribution in [3.8, 4) is 0 Å². The molecule has 1 aromatic carbocycles. The second-order valence-corrected chi connectivity index (χ2v) is 4.36. The molecule has 0 unspecified atom stereocenters. The van der Waals surface area contributed by atoms with Crippen molar-refractivity contribution in [1.82, 2.24) is 0 Å². The fraction of sp³-hybridized carbons (Fsp3) is 0.273. The van der Waals surface area contributed by atoms with E-state index < -0.39 is 4.92 Å². The first-order valence-electron chi connectivity index (χ1n) is 4.82. The van der Waals surface area contributed by atoms with Crippen LogP contribution in [0.15, 0.2) is 40.7 Å². The maximum absolute atomic E-state index is 11.1. The fourth-order valence-electron chi connectivity index (χ4n) is 1.09. The van der Waals surface area contributed by atoms with Crippen LogP contribution in [0.4, 0.5) is 5.69 Å². The Morgan fingerprint density at radius 1 is 1.41 bits per heavy atom. The molecule has 0 spiro atoms. The third kappa shape index (κ3) is 3.99.